The van der Waals surface area contributed by atoms with Crippen LogP contribution in [-0.4, -0.2) is 21.9 Å². The van der Waals surface area contributed by atoms with Crippen LogP contribution in [0.5, 0.6) is 0 Å². The van der Waals surface area contributed by atoms with Gasteiger partial charge < -0.3 is 10.4 Å². The number of carboxylic acids is 1. The van der Waals surface area contributed by atoms with E-state index >= 15 is 0 Å². The third-order valence-corrected chi connectivity index (χ3v) is 3.21. The number of nitro groups is 1. The molecule has 0 aliphatic heterocycles. The van der Waals surface area contributed by atoms with Crippen LogP contribution < -0.4 is 5.32 Å². The van der Waals surface area contributed by atoms with Crippen molar-refractivity contribution in [2.24, 2.45) is 0 Å². The number of benzene rings is 1. The molecule has 0 aliphatic rings. The summed E-state index contributed by atoms with van der Waals surface area (Å²) in [5.41, 5.74) is 1.36. The Balaban J connectivity index is 3.13. The lowest BCUT2D eigenvalue weighted by atomic mass is 10.1. The monoisotopic (exact) mass is 292 g/mol. The number of hydrogen-bond donors (Lipinski definition) is 2. The van der Waals surface area contributed by atoms with Crippen LogP contribution in [0, 0.1) is 24.0 Å². The molecule has 1 rings (SSSR count). The highest BCUT2D eigenvalue weighted by Gasteiger charge is 2.17. The van der Waals surface area contributed by atoms with Gasteiger partial charge in [-0.2, -0.15) is 0 Å². The number of anilines is 1. The van der Waals surface area contributed by atoms with Crippen molar-refractivity contribution in [2.75, 3.05) is 5.32 Å². The minimum absolute atomic E-state index is 0.0283. The fourth-order valence-corrected chi connectivity index (χ4v) is 1.68. The molecule has 0 spiro atoms. The molecule has 21 heavy (non-hydrogen) atoms. The third kappa shape index (κ3) is 3.65. The van der Waals surface area contributed by atoms with Crippen molar-refractivity contribution in [1.29, 1.82) is 0 Å². The second kappa shape index (κ2) is 6.17. The lowest BCUT2D eigenvalue weighted by Crippen LogP contribution is -2.17. The third-order valence-electron chi connectivity index (χ3n) is 3.21. The van der Waals surface area contributed by atoms with E-state index < -0.39 is 16.8 Å². The molecule has 0 radical (unpaired) electrons. The number of nitrogens with one attached hydrogen (secondary N) is 1. The lowest BCUT2D eigenvalue weighted by Gasteiger charge is -2.11. The summed E-state index contributed by atoms with van der Waals surface area (Å²) < 4.78 is 0. The van der Waals surface area contributed by atoms with E-state index in [1.54, 1.807) is 13.8 Å². The number of carbonyl (C=O) groups is 2. The Kier molecular flexibility index (Phi) is 4.80. The summed E-state index contributed by atoms with van der Waals surface area (Å²) in [6, 6.07) is 2.86. The molecular formula is C14H16N2O5. The van der Waals surface area contributed by atoms with Gasteiger partial charge in [-0.25, -0.2) is 4.79 Å². The molecule has 0 heterocycles. The predicted molar refractivity (Wildman–Crippen MR) is 77.2 cm³/mol. The molecule has 112 valence electrons. The molecule has 7 heteroatoms. The van der Waals surface area contributed by atoms with E-state index in [9.17, 15) is 19.7 Å². The van der Waals surface area contributed by atoms with Crippen LogP contribution >= 0.6 is 0 Å². The van der Waals surface area contributed by atoms with Crippen LogP contribution in [0.2, 0.25) is 0 Å². The normalized spacial score (nSPS) is 11.6. The molecule has 0 bridgehead atoms. The van der Waals surface area contributed by atoms with Crippen LogP contribution in [0.25, 0.3) is 0 Å². The van der Waals surface area contributed by atoms with Gasteiger partial charge in [-0.15, -0.1) is 0 Å². The molecule has 1 aromatic carbocycles. The fraction of sp³-hybridized carbons (Fsp3) is 0.286. The Hall–Kier alpha value is -2.70. The van der Waals surface area contributed by atoms with Gasteiger partial charge in [-0.1, -0.05) is 0 Å². The first-order valence-electron chi connectivity index (χ1n) is 6.13. The number of rotatable bonds is 4. The molecule has 7 nitrogen and oxygen atoms in total. The van der Waals surface area contributed by atoms with E-state index in [4.69, 9.17) is 5.11 Å². The van der Waals surface area contributed by atoms with Gasteiger partial charge in [-0.3, -0.25) is 14.9 Å². The topological polar surface area (TPSA) is 110 Å². The van der Waals surface area contributed by atoms with E-state index in [0.29, 0.717) is 16.8 Å². The van der Waals surface area contributed by atoms with E-state index in [1.165, 1.54) is 26.0 Å². The number of aliphatic carboxylic acids is 1. The number of carboxylic acid groups (broad SMARTS) is 1. The summed E-state index contributed by atoms with van der Waals surface area (Å²) in [5, 5.41) is 22.2. The standard InChI is InChI=1S/C14H16N2O5/c1-7-6-12(16(20)21)8(2)5-11(7)15-13(17)9(3)10(4)14(18)19/h5-6H,1-4H3,(H,15,17)(H,18,19)/b10-9+. The number of nitrogens with zero attached hydrogens (tertiary/aromatic N) is 1. The molecule has 0 saturated carbocycles. The van der Waals surface area contributed by atoms with E-state index in [0.717, 1.165) is 0 Å². The van der Waals surface area contributed by atoms with Crippen LogP contribution in [0.15, 0.2) is 23.3 Å². The molecule has 0 saturated heterocycles. The zero-order valence-electron chi connectivity index (χ0n) is 12.2. The van der Waals surface area contributed by atoms with E-state index in [1.807, 2.05) is 0 Å². The van der Waals surface area contributed by atoms with Crippen molar-refractivity contribution in [3.8, 4) is 0 Å². The van der Waals surface area contributed by atoms with E-state index in [2.05, 4.69) is 5.32 Å². The summed E-state index contributed by atoms with van der Waals surface area (Å²) in [6.45, 7) is 5.95. The van der Waals surface area contributed by atoms with Gasteiger partial charge >= 0.3 is 5.97 Å². The van der Waals surface area contributed by atoms with Crippen LogP contribution in [0.3, 0.4) is 0 Å². The van der Waals surface area contributed by atoms with Crippen molar-refractivity contribution >= 4 is 23.3 Å². The first-order valence-corrected chi connectivity index (χ1v) is 6.13. The molecule has 1 amide bonds. The van der Waals surface area contributed by atoms with Gasteiger partial charge in [0.05, 0.1) is 4.92 Å². The van der Waals surface area contributed by atoms with Crippen LogP contribution in [-0.2, 0) is 9.59 Å². The molecule has 0 atom stereocenters. The zero-order valence-corrected chi connectivity index (χ0v) is 12.2. The fourth-order valence-electron chi connectivity index (χ4n) is 1.68. The van der Waals surface area contributed by atoms with Crippen molar-refractivity contribution in [3.05, 3.63) is 44.5 Å². The van der Waals surface area contributed by atoms with Gasteiger partial charge in [0.25, 0.3) is 11.6 Å². The Bertz CT molecular complexity index is 662. The van der Waals surface area contributed by atoms with Gasteiger partial charge in [-0.05, 0) is 39.3 Å². The van der Waals surface area contributed by atoms with E-state index in [-0.39, 0.29) is 16.8 Å². The quantitative estimate of drug-likeness (QED) is 0.503. The van der Waals surface area contributed by atoms with Crippen LogP contribution in [0.1, 0.15) is 25.0 Å². The second-order valence-corrected chi connectivity index (χ2v) is 4.72. The minimum atomic E-state index is -1.17. The van der Waals surface area contributed by atoms with Gasteiger partial charge in [0.15, 0.2) is 0 Å². The smallest absolute Gasteiger partial charge is 0.331 e. The average Bonchev–Trinajstić information content (AvgIpc) is 2.40. The number of aryl methyl sites for hydroxylation is 2. The number of hydrogen-bond acceptors (Lipinski definition) is 4. The Morgan fingerprint density at radius 2 is 1.71 bits per heavy atom. The summed E-state index contributed by atoms with van der Waals surface area (Å²) in [7, 11) is 0. The molecule has 0 aliphatic carbocycles. The van der Waals surface area contributed by atoms with Gasteiger partial charge in [0, 0.05) is 28.5 Å². The highest BCUT2D eigenvalue weighted by atomic mass is 16.6. The van der Waals surface area contributed by atoms with Crippen LogP contribution in [0.4, 0.5) is 11.4 Å². The number of nitro benzene ring substituents is 1. The average molecular weight is 292 g/mol. The maximum absolute atomic E-state index is 12.0. The van der Waals surface area contributed by atoms with Crippen molar-refractivity contribution in [3.63, 3.8) is 0 Å². The minimum Gasteiger partial charge on any atom is -0.478 e. The van der Waals surface area contributed by atoms with Crippen molar-refractivity contribution in [2.45, 2.75) is 27.7 Å². The first-order chi connectivity index (χ1) is 9.65. The molecule has 1 aromatic rings. The predicted octanol–water partition coefficient (Wildman–Crippen LogP) is 2.57. The lowest BCUT2D eigenvalue weighted by molar-refractivity contribution is -0.385. The van der Waals surface area contributed by atoms with Crippen molar-refractivity contribution in [1.82, 2.24) is 0 Å². The molecule has 0 fully saturated rings. The summed E-state index contributed by atoms with van der Waals surface area (Å²) >= 11 is 0. The number of carbonyl (C=O) groups excluding carboxylic acids is 1. The Morgan fingerprint density at radius 1 is 1.14 bits per heavy atom. The van der Waals surface area contributed by atoms with Gasteiger partial charge in [0.2, 0.25) is 0 Å². The first kappa shape index (κ1) is 16.4. The van der Waals surface area contributed by atoms with Crippen molar-refractivity contribution < 1.29 is 19.6 Å². The largest absolute Gasteiger partial charge is 0.478 e. The summed E-state index contributed by atoms with van der Waals surface area (Å²) in [6.07, 6.45) is 0. The Labute approximate surface area is 121 Å². The molecule has 0 aromatic heterocycles. The second-order valence-electron chi connectivity index (χ2n) is 4.72. The molecular weight excluding hydrogens is 276 g/mol. The maximum Gasteiger partial charge on any atom is 0.331 e. The molecule has 2 N–H and O–H groups in total. The SMILES string of the molecule is C/C(C(=O)O)=C(/C)C(=O)Nc1cc(C)c([N+](=O)[O-])cc1C. The highest BCUT2D eigenvalue weighted by molar-refractivity contribution is 6.08. The molecule has 0 unspecified atom stereocenters. The zero-order chi connectivity index (χ0) is 16.3. The summed E-state index contributed by atoms with van der Waals surface area (Å²) in [4.78, 5) is 33.1. The maximum atomic E-state index is 12.0. The highest BCUT2D eigenvalue weighted by Crippen LogP contribution is 2.26. The summed E-state index contributed by atoms with van der Waals surface area (Å²) in [5.74, 6) is -1.72. The number of amides is 1. The van der Waals surface area contributed by atoms with Gasteiger partial charge in [0.1, 0.15) is 0 Å². The Morgan fingerprint density at radius 3 is 2.19 bits per heavy atom.